The standard InChI is InChI=1S/C12H15Cl2N/c1-15(8-9-5-6-9)12-4-2-3-11(14)10(12)7-13/h2-4,9H,5-8H2,1H3. The molecule has 0 unspecified atom stereocenters. The Labute approximate surface area is 101 Å². The summed E-state index contributed by atoms with van der Waals surface area (Å²) in [6, 6.07) is 5.97. The van der Waals surface area contributed by atoms with E-state index in [1.807, 2.05) is 12.1 Å². The largest absolute Gasteiger partial charge is 0.374 e. The van der Waals surface area contributed by atoms with E-state index in [-0.39, 0.29) is 0 Å². The van der Waals surface area contributed by atoms with Crippen molar-refractivity contribution in [2.75, 3.05) is 18.5 Å². The molecule has 1 aromatic carbocycles. The quantitative estimate of drug-likeness (QED) is 0.725. The van der Waals surface area contributed by atoms with Gasteiger partial charge in [-0.25, -0.2) is 0 Å². The maximum Gasteiger partial charge on any atom is 0.0509 e. The second kappa shape index (κ2) is 4.63. The number of rotatable bonds is 4. The summed E-state index contributed by atoms with van der Waals surface area (Å²) in [6.07, 6.45) is 2.72. The van der Waals surface area contributed by atoms with Gasteiger partial charge in [-0.2, -0.15) is 0 Å². The molecular formula is C12H15Cl2N. The third-order valence-electron chi connectivity index (χ3n) is 2.87. The molecule has 0 aromatic heterocycles. The Morgan fingerprint density at radius 1 is 1.40 bits per heavy atom. The summed E-state index contributed by atoms with van der Waals surface area (Å²) in [6.45, 7) is 1.12. The van der Waals surface area contributed by atoms with Gasteiger partial charge in [0.25, 0.3) is 0 Å². The van der Waals surface area contributed by atoms with Crippen LogP contribution >= 0.6 is 23.2 Å². The van der Waals surface area contributed by atoms with Gasteiger partial charge in [-0.05, 0) is 30.9 Å². The van der Waals surface area contributed by atoms with Gasteiger partial charge in [0, 0.05) is 29.9 Å². The van der Waals surface area contributed by atoms with Crippen LogP contribution in [0.1, 0.15) is 18.4 Å². The van der Waals surface area contributed by atoms with Crippen molar-refractivity contribution >= 4 is 28.9 Å². The molecule has 1 aromatic rings. The molecule has 1 fully saturated rings. The number of hydrogen-bond donors (Lipinski definition) is 0. The molecule has 1 aliphatic carbocycles. The second-order valence-corrected chi connectivity index (χ2v) is 4.87. The molecule has 0 radical (unpaired) electrons. The highest BCUT2D eigenvalue weighted by atomic mass is 35.5. The molecule has 0 saturated heterocycles. The van der Waals surface area contributed by atoms with Crippen molar-refractivity contribution < 1.29 is 0 Å². The lowest BCUT2D eigenvalue weighted by Crippen LogP contribution is -2.21. The summed E-state index contributed by atoms with van der Waals surface area (Å²) in [5.74, 6) is 1.35. The summed E-state index contributed by atoms with van der Waals surface area (Å²) >= 11 is 12.0. The molecular weight excluding hydrogens is 229 g/mol. The first-order chi connectivity index (χ1) is 7.22. The van der Waals surface area contributed by atoms with Gasteiger partial charge < -0.3 is 4.90 Å². The molecule has 0 heterocycles. The predicted molar refractivity (Wildman–Crippen MR) is 67.0 cm³/mol. The van der Waals surface area contributed by atoms with Crippen molar-refractivity contribution in [2.45, 2.75) is 18.7 Å². The zero-order valence-corrected chi connectivity index (χ0v) is 10.4. The first-order valence-corrected chi connectivity index (χ1v) is 6.18. The monoisotopic (exact) mass is 243 g/mol. The van der Waals surface area contributed by atoms with E-state index < -0.39 is 0 Å². The van der Waals surface area contributed by atoms with Crippen LogP contribution in [0.5, 0.6) is 0 Å². The number of halogens is 2. The minimum atomic E-state index is 0.476. The third-order valence-corrected chi connectivity index (χ3v) is 3.49. The van der Waals surface area contributed by atoms with Crippen molar-refractivity contribution in [2.24, 2.45) is 5.92 Å². The Balaban J connectivity index is 2.20. The Morgan fingerprint density at radius 2 is 2.13 bits per heavy atom. The lowest BCUT2D eigenvalue weighted by molar-refractivity contribution is 0.785. The number of benzene rings is 1. The van der Waals surface area contributed by atoms with Gasteiger partial charge >= 0.3 is 0 Å². The van der Waals surface area contributed by atoms with Crippen LogP contribution < -0.4 is 4.90 Å². The number of alkyl halides is 1. The number of nitrogens with zero attached hydrogens (tertiary/aromatic N) is 1. The third kappa shape index (κ3) is 2.59. The van der Waals surface area contributed by atoms with Crippen LogP contribution in [0.2, 0.25) is 5.02 Å². The van der Waals surface area contributed by atoms with Gasteiger partial charge in [0.1, 0.15) is 0 Å². The Morgan fingerprint density at radius 3 is 2.73 bits per heavy atom. The normalized spacial score (nSPS) is 15.4. The maximum absolute atomic E-state index is 6.11. The van der Waals surface area contributed by atoms with Gasteiger partial charge in [0.05, 0.1) is 5.88 Å². The number of hydrogen-bond acceptors (Lipinski definition) is 1. The summed E-state index contributed by atoms with van der Waals surface area (Å²) in [5.41, 5.74) is 2.22. The molecule has 2 rings (SSSR count). The molecule has 1 nitrogen and oxygen atoms in total. The number of anilines is 1. The van der Waals surface area contributed by atoms with Gasteiger partial charge in [-0.3, -0.25) is 0 Å². The van der Waals surface area contributed by atoms with E-state index in [1.165, 1.54) is 18.5 Å². The first-order valence-electron chi connectivity index (χ1n) is 5.27. The van der Waals surface area contributed by atoms with E-state index in [2.05, 4.69) is 18.0 Å². The fraction of sp³-hybridized carbons (Fsp3) is 0.500. The van der Waals surface area contributed by atoms with E-state index >= 15 is 0 Å². The smallest absolute Gasteiger partial charge is 0.0509 e. The van der Waals surface area contributed by atoms with E-state index in [0.717, 1.165) is 23.0 Å². The molecule has 0 atom stereocenters. The molecule has 0 amide bonds. The topological polar surface area (TPSA) is 3.24 Å². The molecule has 82 valence electrons. The zero-order chi connectivity index (χ0) is 10.8. The van der Waals surface area contributed by atoms with Crippen molar-refractivity contribution in [3.63, 3.8) is 0 Å². The van der Waals surface area contributed by atoms with Gasteiger partial charge in [-0.1, -0.05) is 17.7 Å². The minimum absolute atomic E-state index is 0.476. The van der Waals surface area contributed by atoms with Gasteiger partial charge in [0.15, 0.2) is 0 Å². The van der Waals surface area contributed by atoms with Crippen molar-refractivity contribution in [1.82, 2.24) is 0 Å². The van der Waals surface area contributed by atoms with Crippen molar-refractivity contribution in [1.29, 1.82) is 0 Å². The van der Waals surface area contributed by atoms with Crippen LogP contribution in [0.3, 0.4) is 0 Å². The highest BCUT2D eigenvalue weighted by Gasteiger charge is 2.23. The van der Waals surface area contributed by atoms with Crippen LogP contribution in [0.15, 0.2) is 18.2 Å². The molecule has 0 spiro atoms. The van der Waals surface area contributed by atoms with E-state index in [9.17, 15) is 0 Å². The van der Waals surface area contributed by atoms with E-state index in [4.69, 9.17) is 23.2 Å². The van der Waals surface area contributed by atoms with Gasteiger partial charge in [0.2, 0.25) is 0 Å². The van der Waals surface area contributed by atoms with Crippen molar-refractivity contribution in [3.05, 3.63) is 28.8 Å². The molecule has 3 heteroatoms. The molecule has 0 aliphatic heterocycles. The lowest BCUT2D eigenvalue weighted by atomic mass is 10.2. The first kappa shape index (κ1) is 11.1. The Bertz CT molecular complexity index is 347. The average Bonchev–Trinajstić information content (AvgIpc) is 3.01. The summed E-state index contributed by atoms with van der Waals surface area (Å²) in [4.78, 5) is 2.27. The molecule has 1 saturated carbocycles. The SMILES string of the molecule is CN(CC1CC1)c1cccc(Cl)c1CCl. The van der Waals surface area contributed by atoms with Crippen LogP contribution in [-0.4, -0.2) is 13.6 Å². The van der Waals surface area contributed by atoms with E-state index in [1.54, 1.807) is 0 Å². The van der Waals surface area contributed by atoms with Crippen LogP contribution in [0, 0.1) is 5.92 Å². The molecule has 0 N–H and O–H groups in total. The molecule has 15 heavy (non-hydrogen) atoms. The maximum atomic E-state index is 6.11. The van der Waals surface area contributed by atoms with Crippen LogP contribution in [0.25, 0.3) is 0 Å². The predicted octanol–water partition coefficient (Wildman–Crippen LogP) is 3.93. The van der Waals surface area contributed by atoms with E-state index in [0.29, 0.717) is 5.88 Å². The highest BCUT2D eigenvalue weighted by molar-refractivity contribution is 6.32. The van der Waals surface area contributed by atoms with Crippen LogP contribution in [-0.2, 0) is 5.88 Å². The Kier molecular flexibility index (Phi) is 3.42. The lowest BCUT2D eigenvalue weighted by Gasteiger charge is -2.22. The van der Waals surface area contributed by atoms with Gasteiger partial charge in [-0.15, -0.1) is 11.6 Å². The molecule has 1 aliphatic rings. The minimum Gasteiger partial charge on any atom is -0.374 e. The summed E-state index contributed by atoms with van der Waals surface area (Å²) < 4.78 is 0. The molecule has 0 bridgehead atoms. The average molecular weight is 244 g/mol. The van der Waals surface area contributed by atoms with Crippen molar-refractivity contribution in [3.8, 4) is 0 Å². The Hall–Kier alpha value is -0.400. The summed E-state index contributed by atoms with van der Waals surface area (Å²) in [5, 5.41) is 0.769. The second-order valence-electron chi connectivity index (χ2n) is 4.20. The summed E-state index contributed by atoms with van der Waals surface area (Å²) in [7, 11) is 2.11. The zero-order valence-electron chi connectivity index (χ0n) is 8.84. The van der Waals surface area contributed by atoms with Crippen LogP contribution in [0.4, 0.5) is 5.69 Å². The fourth-order valence-electron chi connectivity index (χ4n) is 1.82. The highest BCUT2D eigenvalue weighted by Crippen LogP contribution is 2.33. The fourth-order valence-corrected chi connectivity index (χ4v) is 2.41.